The van der Waals surface area contributed by atoms with Gasteiger partial charge in [-0.05, 0) is 55.4 Å². The minimum Gasteiger partial charge on any atom is -0.480 e. The lowest BCUT2D eigenvalue weighted by molar-refractivity contribution is -0.144. The molecule has 3 aromatic rings. The number of ether oxygens (including phenoxy) is 2. The van der Waals surface area contributed by atoms with Crippen LogP contribution in [0.4, 0.5) is 13.9 Å². The maximum absolute atomic E-state index is 15.1. The van der Waals surface area contributed by atoms with E-state index in [0.717, 1.165) is 28.8 Å². The molecule has 5 atom stereocenters. The van der Waals surface area contributed by atoms with Crippen molar-refractivity contribution in [2.24, 2.45) is 5.41 Å². The topological polar surface area (TPSA) is 195 Å². The molecule has 7 rings (SSSR count). The number of likely N-dealkylation sites (tertiary alicyclic amines) is 2. The van der Waals surface area contributed by atoms with Crippen molar-refractivity contribution in [1.82, 2.24) is 36.1 Å². The summed E-state index contributed by atoms with van der Waals surface area (Å²) < 4.78 is 40.5. The van der Waals surface area contributed by atoms with Crippen LogP contribution in [0.1, 0.15) is 83.9 Å². The molecule has 16 nitrogen and oxygen atoms in total. The first kappa shape index (κ1) is 49.6. The van der Waals surface area contributed by atoms with E-state index >= 15 is 4.39 Å². The Hall–Kier alpha value is -5.31. The van der Waals surface area contributed by atoms with Crippen LogP contribution >= 0.6 is 23.1 Å². The molecule has 4 aliphatic heterocycles. The van der Waals surface area contributed by atoms with Crippen LogP contribution in [-0.4, -0.2) is 132 Å². The zero-order valence-electron chi connectivity index (χ0n) is 38.5. The highest BCUT2D eigenvalue weighted by atomic mass is 32.2. The van der Waals surface area contributed by atoms with Crippen LogP contribution < -0.4 is 30.9 Å². The van der Waals surface area contributed by atoms with Crippen LogP contribution in [0.25, 0.3) is 16.2 Å². The standard InChI is InChI=1S/C47H60F2N8O8S2/c1-27(29-8-10-30(11-9-29)42-28(2)50-26-67-42)51-44(62)36-21-32(58)23-57(36)45(63)43(47(3,4)5)54-37(59)14-15-39(61)56-16-6-7-31(22-56)52-38(60)24-65-41-33(12-13-34(48)40(41)49)35-25-66-46(53-35)55-17-19-64-20-18-55/h8-13,25,27,31-32,36,43,50,58H,6-7,14-24,26H2,1-5H3,(H,51,62)(H,52,60)(H,54,59)/t27-,31?,32+,36-,43+/m0/s1. The first-order valence-corrected chi connectivity index (χ1v) is 24.6. The quantitative estimate of drug-likeness (QED) is 0.143. The van der Waals surface area contributed by atoms with E-state index in [4.69, 9.17) is 9.47 Å². The Balaban J connectivity index is 0.891. The van der Waals surface area contributed by atoms with E-state index in [1.54, 1.807) is 42.8 Å². The Labute approximate surface area is 397 Å². The number of β-amino-alcohol motifs (C(OH)–C–C–N with tert-alkyl or cyclic N) is 1. The maximum Gasteiger partial charge on any atom is 0.258 e. The number of thiazole rings is 1. The molecule has 0 radical (unpaired) electrons. The van der Waals surface area contributed by atoms with E-state index in [1.807, 2.05) is 43.0 Å². The molecule has 5 amide bonds. The molecule has 2 aromatic carbocycles. The number of rotatable bonds is 15. The molecule has 67 heavy (non-hydrogen) atoms. The second-order valence-electron chi connectivity index (χ2n) is 18.4. The number of carbonyl (C=O) groups is 5. The number of allylic oxidation sites excluding steroid dienone is 1. The van der Waals surface area contributed by atoms with Gasteiger partial charge in [-0.25, -0.2) is 9.37 Å². The summed E-state index contributed by atoms with van der Waals surface area (Å²) in [6, 6.07) is 7.44. The zero-order chi connectivity index (χ0) is 48.0. The van der Waals surface area contributed by atoms with Gasteiger partial charge in [-0.2, -0.15) is 4.39 Å². The number of thioether (sulfide) groups is 1. The third-order valence-electron chi connectivity index (χ3n) is 12.4. The highest BCUT2D eigenvalue weighted by molar-refractivity contribution is 8.08. The fourth-order valence-corrected chi connectivity index (χ4v) is 10.5. The molecule has 5 heterocycles. The van der Waals surface area contributed by atoms with Crippen LogP contribution in [0.5, 0.6) is 5.75 Å². The van der Waals surface area contributed by atoms with Crippen molar-refractivity contribution in [3.8, 4) is 17.0 Å². The predicted octanol–water partition coefficient (Wildman–Crippen LogP) is 4.54. The largest absolute Gasteiger partial charge is 0.480 e. The molecule has 0 spiro atoms. The second kappa shape index (κ2) is 21.8. The van der Waals surface area contributed by atoms with Crippen LogP contribution in [0.2, 0.25) is 0 Å². The molecule has 3 saturated heterocycles. The number of carbonyl (C=O) groups excluding carboxylic acids is 5. The summed E-state index contributed by atoms with van der Waals surface area (Å²) in [6.45, 7) is 11.6. The van der Waals surface area contributed by atoms with E-state index in [0.29, 0.717) is 56.5 Å². The molecule has 0 bridgehead atoms. The highest BCUT2D eigenvalue weighted by Crippen LogP contribution is 2.37. The van der Waals surface area contributed by atoms with Crippen LogP contribution in [-0.2, 0) is 28.7 Å². The van der Waals surface area contributed by atoms with Gasteiger partial charge in [-0.3, -0.25) is 24.0 Å². The summed E-state index contributed by atoms with van der Waals surface area (Å²) in [5.41, 5.74) is 2.87. The SMILES string of the molecule is CC1=C(c2ccc([C@H](C)NC(=O)[C@@H]3C[C@@H](O)CN3C(=O)[C@@H](NC(=O)CCC(=O)N3CCCC(NC(=O)COc4c(-c5csc(N6CCOCC6)n5)ccc(F)c4F)C3)C(C)(C)C)cc2)SCN1. The molecule has 0 saturated carbocycles. The van der Waals surface area contributed by atoms with Gasteiger partial charge < -0.3 is 50.5 Å². The van der Waals surface area contributed by atoms with E-state index in [-0.39, 0.29) is 49.9 Å². The number of anilines is 1. The summed E-state index contributed by atoms with van der Waals surface area (Å²) in [6.07, 6.45) is -0.148. The highest BCUT2D eigenvalue weighted by Gasteiger charge is 2.45. The van der Waals surface area contributed by atoms with E-state index in [2.05, 4.69) is 26.3 Å². The number of aliphatic hydroxyl groups is 1. The third kappa shape index (κ3) is 12.2. The van der Waals surface area contributed by atoms with Crippen molar-refractivity contribution >= 4 is 62.7 Å². The molecule has 20 heteroatoms. The molecule has 3 fully saturated rings. The zero-order valence-corrected chi connectivity index (χ0v) is 40.1. The summed E-state index contributed by atoms with van der Waals surface area (Å²) >= 11 is 3.09. The van der Waals surface area contributed by atoms with Gasteiger partial charge in [0.25, 0.3) is 5.91 Å². The lowest BCUT2D eigenvalue weighted by Gasteiger charge is -2.35. The smallest absolute Gasteiger partial charge is 0.258 e. The molecule has 362 valence electrons. The maximum atomic E-state index is 15.1. The van der Waals surface area contributed by atoms with Crippen LogP contribution in [0, 0.1) is 17.0 Å². The molecular formula is C47H60F2N8O8S2. The normalized spacial score (nSPS) is 20.8. The molecular weight excluding hydrogens is 907 g/mol. The Morgan fingerprint density at radius 1 is 1.00 bits per heavy atom. The van der Waals surface area contributed by atoms with E-state index < -0.39 is 77.3 Å². The molecule has 0 aliphatic carbocycles. The summed E-state index contributed by atoms with van der Waals surface area (Å²) in [5.74, 6) is -4.35. The third-order valence-corrected chi connectivity index (χ3v) is 14.4. The van der Waals surface area contributed by atoms with Crippen LogP contribution in [0.3, 0.4) is 0 Å². The molecule has 1 aromatic heterocycles. The van der Waals surface area contributed by atoms with Crippen molar-refractivity contribution in [3.05, 3.63) is 70.2 Å². The number of nitrogens with one attached hydrogen (secondary N) is 4. The number of morpholine rings is 1. The average Bonchev–Trinajstić information content (AvgIpc) is 4.08. The number of piperidine rings is 1. The first-order valence-electron chi connectivity index (χ1n) is 22.7. The van der Waals surface area contributed by atoms with E-state index in [9.17, 15) is 33.5 Å². The van der Waals surface area contributed by atoms with Gasteiger partial charge in [-0.15, -0.1) is 23.1 Å². The Morgan fingerprint density at radius 3 is 2.45 bits per heavy atom. The Bertz CT molecular complexity index is 2340. The number of halogens is 2. The number of aromatic nitrogens is 1. The first-order chi connectivity index (χ1) is 32.0. The van der Waals surface area contributed by atoms with Crippen molar-refractivity contribution < 1.29 is 47.3 Å². The second-order valence-corrected chi connectivity index (χ2v) is 20.2. The van der Waals surface area contributed by atoms with Crippen molar-refractivity contribution in [2.75, 3.05) is 63.3 Å². The monoisotopic (exact) mass is 966 g/mol. The van der Waals surface area contributed by atoms with Gasteiger partial charge in [0.15, 0.2) is 23.3 Å². The summed E-state index contributed by atoms with van der Waals surface area (Å²) in [4.78, 5) is 78.5. The van der Waals surface area contributed by atoms with E-state index in [1.165, 1.54) is 27.2 Å². The lowest BCUT2D eigenvalue weighted by Crippen LogP contribution is -2.58. The number of hydrogen-bond acceptors (Lipinski definition) is 13. The van der Waals surface area contributed by atoms with Gasteiger partial charge in [-0.1, -0.05) is 45.0 Å². The number of nitrogens with zero attached hydrogens (tertiary/aromatic N) is 4. The molecule has 4 aliphatic rings. The summed E-state index contributed by atoms with van der Waals surface area (Å²) in [7, 11) is 0. The van der Waals surface area contributed by atoms with Crippen molar-refractivity contribution in [1.29, 1.82) is 0 Å². The lowest BCUT2D eigenvalue weighted by atomic mass is 9.85. The van der Waals surface area contributed by atoms with Gasteiger partial charge in [0, 0.05) is 79.6 Å². The Kier molecular flexibility index (Phi) is 16.1. The van der Waals surface area contributed by atoms with Gasteiger partial charge >= 0.3 is 0 Å². The van der Waals surface area contributed by atoms with Gasteiger partial charge in [0.1, 0.15) is 12.1 Å². The Morgan fingerprint density at radius 2 is 1.75 bits per heavy atom. The van der Waals surface area contributed by atoms with Crippen molar-refractivity contribution in [2.45, 2.75) is 97.0 Å². The molecule has 5 N–H and O–H groups in total. The number of aliphatic hydroxyl groups excluding tert-OH is 1. The van der Waals surface area contributed by atoms with Crippen molar-refractivity contribution in [3.63, 3.8) is 0 Å². The minimum absolute atomic E-state index is 0.0427. The number of amides is 5. The van der Waals surface area contributed by atoms with Crippen LogP contribution in [0.15, 0.2) is 47.5 Å². The minimum atomic E-state index is -1.24. The number of hydrogen-bond donors (Lipinski definition) is 5. The average molecular weight is 967 g/mol. The number of benzene rings is 2. The predicted molar refractivity (Wildman–Crippen MR) is 252 cm³/mol. The van der Waals surface area contributed by atoms with Gasteiger partial charge in [0.2, 0.25) is 29.4 Å². The fourth-order valence-electron chi connectivity index (χ4n) is 8.64. The fraction of sp³-hybridized carbons (Fsp3) is 0.532. The summed E-state index contributed by atoms with van der Waals surface area (Å²) in [5, 5.41) is 25.1. The molecule has 1 unspecified atom stereocenters. The van der Waals surface area contributed by atoms with Gasteiger partial charge in [0.05, 0.1) is 36.9 Å².